The molecule has 0 unspecified atom stereocenters. The van der Waals surface area contributed by atoms with Crippen molar-refractivity contribution in [1.29, 1.82) is 0 Å². The molecule has 17 heavy (non-hydrogen) atoms. The Morgan fingerprint density at radius 2 is 1.59 bits per heavy atom. The van der Waals surface area contributed by atoms with E-state index in [-0.39, 0.29) is 24.8 Å². The van der Waals surface area contributed by atoms with Crippen molar-refractivity contribution in [1.82, 2.24) is 10.2 Å². The van der Waals surface area contributed by atoms with Crippen molar-refractivity contribution in [3.8, 4) is 0 Å². The van der Waals surface area contributed by atoms with Crippen molar-refractivity contribution in [2.75, 3.05) is 26.2 Å². The van der Waals surface area contributed by atoms with E-state index in [1.54, 1.807) is 0 Å². The van der Waals surface area contributed by atoms with E-state index >= 15 is 0 Å². The Morgan fingerprint density at radius 3 is 2.12 bits per heavy atom. The van der Waals surface area contributed by atoms with Gasteiger partial charge in [-0.15, -0.1) is 24.8 Å². The van der Waals surface area contributed by atoms with Gasteiger partial charge in [0.25, 0.3) is 0 Å². The Kier molecular flexibility index (Phi) is 7.80. The van der Waals surface area contributed by atoms with Crippen molar-refractivity contribution in [2.24, 2.45) is 0 Å². The molecule has 2 rings (SSSR count). The first-order valence-corrected chi connectivity index (χ1v) is 5.79. The monoisotopic (exact) mass is 276 g/mol. The first-order valence-electron chi connectivity index (χ1n) is 5.79. The van der Waals surface area contributed by atoms with Crippen LogP contribution in [-0.4, -0.2) is 31.1 Å². The second-order valence-electron chi connectivity index (χ2n) is 4.37. The van der Waals surface area contributed by atoms with E-state index in [0.29, 0.717) is 6.04 Å². The molecule has 98 valence electrons. The van der Waals surface area contributed by atoms with Crippen molar-refractivity contribution >= 4 is 24.8 Å². The molecule has 1 aromatic rings. The average Bonchev–Trinajstić information content (AvgIpc) is 2.30. The molecular formula is C13H22Cl2N2. The first kappa shape index (κ1) is 16.7. The van der Waals surface area contributed by atoms with E-state index in [1.165, 1.54) is 11.1 Å². The highest BCUT2D eigenvalue weighted by molar-refractivity contribution is 5.85. The second-order valence-corrected chi connectivity index (χ2v) is 4.37. The van der Waals surface area contributed by atoms with Gasteiger partial charge >= 0.3 is 0 Å². The molecule has 1 atom stereocenters. The van der Waals surface area contributed by atoms with Crippen LogP contribution in [0.3, 0.4) is 0 Å². The molecule has 1 aliphatic rings. The lowest BCUT2D eigenvalue weighted by Gasteiger charge is -2.33. The fourth-order valence-electron chi connectivity index (χ4n) is 2.13. The van der Waals surface area contributed by atoms with Crippen molar-refractivity contribution in [3.63, 3.8) is 0 Å². The molecule has 1 heterocycles. The van der Waals surface area contributed by atoms with Gasteiger partial charge in [0.1, 0.15) is 0 Å². The van der Waals surface area contributed by atoms with Crippen molar-refractivity contribution in [2.45, 2.75) is 19.9 Å². The summed E-state index contributed by atoms with van der Waals surface area (Å²) < 4.78 is 0. The molecule has 0 amide bonds. The van der Waals surface area contributed by atoms with Gasteiger partial charge in [0.05, 0.1) is 0 Å². The SMILES string of the molecule is Cc1ccc([C@@H](C)N2CCNCC2)cc1.Cl.Cl. The van der Waals surface area contributed by atoms with Crippen molar-refractivity contribution in [3.05, 3.63) is 35.4 Å². The number of hydrogen-bond acceptors (Lipinski definition) is 2. The van der Waals surface area contributed by atoms with Gasteiger partial charge < -0.3 is 5.32 Å². The van der Waals surface area contributed by atoms with Gasteiger partial charge in [0.2, 0.25) is 0 Å². The van der Waals surface area contributed by atoms with Crippen LogP contribution in [0.25, 0.3) is 0 Å². The standard InChI is InChI=1S/C13H20N2.2ClH/c1-11-3-5-13(6-4-11)12(2)15-9-7-14-8-10-15;;/h3-6,12,14H,7-10H2,1-2H3;2*1H/t12-;;/m1../s1. The molecular weight excluding hydrogens is 255 g/mol. The predicted octanol–water partition coefficient (Wildman–Crippen LogP) is 2.80. The van der Waals surface area contributed by atoms with Crippen LogP contribution in [0.2, 0.25) is 0 Å². The van der Waals surface area contributed by atoms with E-state index in [1.807, 2.05) is 0 Å². The van der Waals surface area contributed by atoms with E-state index < -0.39 is 0 Å². The van der Waals surface area contributed by atoms with Gasteiger partial charge in [0, 0.05) is 32.2 Å². The van der Waals surface area contributed by atoms with Crippen LogP contribution < -0.4 is 5.32 Å². The number of aryl methyl sites for hydroxylation is 1. The average molecular weight is 277 g/mol. The van der Waals surface area contributed by atoms with E-state index in [9.17, 15) is 0 Å². The van der Waals surface area contributed by atoms with Crippen LogP contribution in [0.4, 0.5) is 0 Å². The van der Waals surface area contributed by atoms with Crippen LogP contribution in [0.5, 0.6) is 0 Å². The topological polar surface area (TPSA) is 15.3 Å². The third-order valence-electron chi connectivity index (χ3n) is 3.26. The fraction of sp³-hybridized carbons (Fsp3) is 0.538. The quantitative estimate of drug-likeness (QED) is 0.894. The zero-order valence-corrected chi connectivity index (χ0v) is 12.1. The molecule has 0 saturated carbocycles. The minimum Gasteiger partial charge on any atom is -0.314 e. The lowest BCUT2D eigenvalue weighted by Crippen LogP contribution is -2.44. The van der Waals surface area contributed by atoms with Gasteiger partial charge in [-0.25, -0.2) is 0 Å². The third kappa shape index (κ3) is 4.47. The highest BCUT2D eigenvalue weighted by atomic mass is 35.5. The predicted molar refractivity (Wildman–Crippen MR) is 78.5 cm³/mol. The third-order valence-corrected chi connectivity index (χ3v) is 3.26. The molecule has 0 aliphatic carbocycles. The first-order chi connectivity index (χ1) is 7.27. The fourth-order valence-corrected chi connectivity index (χ4v) is 2.13. The smallest absolute Gasteiger partial charge is 0.0320 e. The summed E-state index contributed by atoms with van der Waals surface area (Å²) in [5.74, 6) is 0. The highest BCUT2D eigenvalue weighted by Crippen LogP contribution is 2.20. The molecule has 4 heteroatoms. The van der Waals surface area contributed by atoms with Crippen LogP contribution in [0.15, 0.2) is 24.3 Å². The molecule has 0 aromatic heterocycles. The summed E-state index contributed by atoms with van der Waals surface area (Å²) in [6, 6.07) is 9.46. The largest absolute Gasteiger partial charge is 0.314 e. The van der Waals surface area contributed by atoms with Crippen LogP contribution >= 0.6 is 24.8 Å². The summed E-state index contributed by atoms with van der Waals surface area (Å²) in [5, 5.41) is 3.39. The Balaban J connectivity index is 0.00000128. The Labute approximate surface area is 117 Å². The summed E-state index contributed by atoms with van der Waals surface area (Å²) in [4.78, 5) is 2.54. The summed E-state index contributed by atoms with van der Waals surface area (Å²) in [6.45, 7) is 9.01. The minimum absolute atomic E-state index is 0. The van der Waals surface area contributed by atoms with Gasteiger partial charge in [-0.05, 0) is 19.4 Å². The Hall–Kier alpha value is -0.280. The van der Waals surface area contributed by atoms with E-state index in [4.69, 9.17) is 0 Å². The molecule has 2 nitrogen and oxygen atoms in total. The lowest BCUT2D eigenvalue weighted by molar-refractivity contribution is 0.185. The number of nitrogens with zero attached hydrogens (tertiary/aromatic N) is 1. The summed E-state index contributed by atoms with van der Waals surface area (Å²) in [7, 11) is 0. The summed E-state index contributed by atoms with van der Waals surface area (Å²) >= 11 is 0. The van der Waals surface area contributed by atoms with Gasteiger partial charge in [-0.1, -0.05) is 29.8 Å². The molecule has 0 radical (unpaired) electrons. The molecule has 1 N–H and O–H groups in total. The number of hydrogen-bond donors (Lipinski definition) is 1. The van der Waals surface area contributed by atoms with Crippen LogP contribution in [0.1, 0.15) is 24.1 Å². The number of benzene rings is 1. The minimum atomic E-state index is 0. The van der Waals surface area contributed by atoms with Crippen LogP contribution in [-0.2, 0) is 0 Å². The normalized spacial score (nSPS) is 17.8. The van der Waals surface area contributed by atoms with Crippen molar-refractivity contribution < 1.29 is 0 Å². The molecule has 1 saturated heterocycles. The molecule has 1 aliphatic heterocycles. The number of halogens is 2. The van der Waals surface area contributed by atoms with E-state index in [0.717, 1.165) is 26.2 Å². The zero-order chi connectivity index (χ0) is 10.7. The maximum atomic E-state index is 3.39. The number of rotatable bonds is 2. The number of piperazine rings is 1. The van der Waals surface area contributed by atoms with Crippen LogP contribution in [0, 0.1) is 6.92 Å². The van der Waals surface area contributed by atoms with Gasteiger partial charge in [-0.3, -0.25) is 4.90 Å². The Bertz CT molecular complexity index is 308. The highest BCUT2D eigenvalue weighted by Gasteiger charge is 2.17. The molecule has 0 bridgehead atoms. The maximum Gasteiger partial charge on any atom is 0.0320 e. The van der Waals surface area contributed by atoms with Gasteiger partial charge in [0.15, 0.2) is 0 Å². The molecule has 1 fully saturated rings. The maximum absolute atomic E-state index is 3.39. The number of nitrogens with one attached hydrogen (secondary N) is 1. The van der Waals surface area contributed by atoms with Gasteiger partial charge in [-0.2, -0.15) is 0 Å². The second kappa shape index (κ2) is 7.93. The van der Waals surface area contributed by atoms with E-state index in [2.05, 4.69) is 48.3 Å². The molecule has 1 aromatic carbocycles. The Morgan fingerprint density at radius 1 is 1.06 bits per heavy atom. The summed E-state index contributed by atoms with van der Waals surface area (Å²) in [6.07, 6.45) is 0. The lowest BCUT2D eigenvalue weighted by atomic mass is 10.0. The molecule has 0 spiro atoms. The zero-order valence-electron chi connectivity index (χ0n) is 10.5. The summed E-state index contributed by atoms with van der Waals surface area (Å²) in [5.41, 5.74) is 2.77.